The molecule has 0 amide bonds. The molecule has 0 bridgehead atoms. The van der Waals surface area contributed by atoms with Crippen LogP contribution in [0.25, 0.3) is 0 Å². The van der Waals surface area contributed by atoms with E-state index in [9.17, 15) is 61.3 Å². The molecule has 5 heterocycles. The molecule has 0 aromatic heterocycles. The first-order valence-corrected chi connectivity index (χ1v) is 25.9. The van der Waals surface area contributed by atoms with Crippen molar-refractivity contribution >= 4 is 0 Å². The van der Waals surface area contributed by atoms with Gasteiger partial charge in [-0.1, -0.05) is 32.4 Å². The maximum Gasteiger partial charge on any atom is 0.187 e. The van der Waals surface area contributed by atoms with E-state index in [0.29, 0.717) is 36.5 Å². The fourth-order valence-corrected chi connectivity index (χ4v) is 14.3. The normalized spacial score (nSPS) is 52.3. The van der Waals surface area contributed by atoms with E-state index in [2.05, 4.69) is 26.8 Å². The predicted molar refractivity (Wildman–Crippen MR) is 243 cm³/mol. The highest BCUT2D eigenvalue weighted by atomic mass is 16.8. The van der Waals surface area contributed by atoms with Crippen molar-refractivity contribution in [3.05, 3.63) is 23.0 Å². The molecule has 4 saturated heterocycles. The van der Waals surface area contributed by atoms with Crippen molar-refractivity contribution in [1.29, 1.82) is 0 Å². The number of aliphatic hydroxyl groups is 12. The molecule has 4 aliphatic carbocycles. The van der Waals surface area contributed by atoms with Crippen LogP contribution in [0.1, 0.15) is 92.4 Å². The van der Waals surface area contributed by atoms with Gasteiger partial charge in [0.15, 0.2) is 25.2 Å². The number of hydrogen-bond acceptors (Lipinski definition) is 21. The molecule has 0 aromatic carbocycles. The van der Waals surface area contributed by atoms with Crippen LogP contribution < -0.4 is 0 Å². The second kappa shape index (κ2) is 21.5. The van der Waals surface area contributed by atoms with Crippen molar-refractivity contribution in [2.24, 2.45) is 40.4 Å². The minimum Gasteiger partial charge on any atom is -0.494 e. The summed E-state index contributed by atoms with van der Waals surface area (Å²) >= 11 is 0. The first-order chi connectivity index (χ1) is 33.7. The van der Waals surface area contributed by atoms with Gasteiger partial charge in [-0.05, 0) is 105 Å². The summed E-state index contributed by atoms with van der Waals surface area (Å²) in [4.78, 5) is 0. The summed E-state index contributed by atoms with van der Waals surface area (Å²) in [5.41, 5.74) is 2.60. The van der Waals surface area contributed by atoms with Crippen molar-refractivity contribution in [2.75, 3.05) is 26.4 Å². The summed E-state index contributed by atoms with van der Waals surface area (Å²) in [6, 6.07) is 0. The Morgan fingerprint density at radius 1 is 0.662 bits per heavy atom. The number of aliphatic hydroxyl groups excluding tert-OH is 12. The largest absolute Gasteiger partial charge is 0.494 e. The highest BCUT2D eigenvalue weighted by Gasteiger charge is 2.64. The Morgan fingerprint density at radius 3 is 1.97 bits per heavy atom. The molecule has 28 atom stereocenters. The third kappa shape index (κ3) is 9.83. The van der Waals surface area contributed by atoms with E-state index >= 15 is 0 Å². The average Bonchev–Trinajstić information content (AvgIpc) is 3.95. The third-order valence-corrected chi connectivity index (χ3v) is 18.5. The molecule has 3 saturated carbocycles. The zero-order chi connectivity index (χ0) is 51.0. The first-order valence-electron chi connectivity index (χ1n) is 25.9. The minimum atomic E-state index is -1.73. The Labute approximate surface area is 414 Å². The van der Waals surface area contributed by atoms with Gasteiger partial charge < -0.3 is 104 Å². The fraction of sp³-hybridized carbons (Fsp3) is 0.920. The molecule has 5 aliphatic heterocycles. The number of rotatable bonds is 15. The lowest BCUT2D eigenvalue weighted by Gasteiger charge is -2.58. The fourth-order valence-electron chi connectivity index (χ4n) is 14.3. The van der Waals surface area contributed by atoms with Gasteiger partial charge in [0.25, 0.3) is 0 Å². The molecular formula is C50H80O21. The van der Waals surface area contributed by atoms with Gasteiger partial charge >= 0.3 is 0 Å². The topological polar surface area (TPSA) is 326 Å². The standard InChI is InChI=1S/C50H80O21/c1-20(19-63-45-40(60)38(58)35(55)30(16-51)67-45)6-9-28-21(2)33-29(66-28)15-27-25-8-7-23-14-24(10-12-49(23,4)26(25)11-13-50(27,33)5)65-48-44(71-46-41(61)37(57)34(54)22(3)64-46)42(62)43(32(18-53)69-48)70-47-39(59)36(56)31(17-52)68-47/h7,20,22,24-27,29-48,51-62H,6,8-19H2,1-5H3. The lowest BCUT2D eigenvalue weighted by Crippen LogP contribution is -2.65. The van der Waals surface area contributed by atoms with Crippen LogP contribution in [-0.2, 0) is 42.6 Å². The van der Waals surface area contributed by atoms with Crippen molar-refractivity contribution in [3.63, 3.8) is 0 Å². The first kappa shape index (κ1) is 54.3. The molecular weight excluding hydrogens is 937 g/mol. The zero-order valence-corrected chi connectivity index (χ0v) is 41.3. The summed E-state index contributed by atoms with van der Waals surface area (Å²) in [5.74, 6) is 2.81. The smallest absolute Gasteiger partial charge is 0.187 e. The van der Waals surface area contributed by atoms with Crippen molar-refractivity contribution in [3.8, 4) is 0 Å². The highest BCUT2D eigenvalue weighted by Crippen LogP contribution is 2.69. The minimum absolute atomic E-state index is 0.0698. The van der Waals surface area contributed by atoms with Gasteiger partial charge in [-0.15, -0.1) is 0 Å². The van der Waals surface area contributed by atoms with Crippen molar-refractivity contribution in [1.82, 2.24) is 0 Å². The monoisotopic (exact) mass is 1020 g/mol. The highest BCUT2D eigenvalue weighted by molar-refractivity contribution is 5.30. The number of hydrogen-bond donors (Lipinski definition) is 12. The molecule has 71 heavy (non-hydrogen) atoms. The molecule has 21 heteroatoms. The van der Waals surface area contributed by atoms with E-state index in [4.69, 9.17) is 42.6 Å². The van der Waals surface area contributed by atoms with Crippen molar-refractivity contribution < 1.29 is 104 Å². The number of ether oxygens (including phenoxy) is 9. The lowest BCUT2D eigenvalue weighted by atomic mass is 9.47. The second-order valence-corrected chi connectivity index (χ2v) is 22.8. The third-order valence-electron chi connectivity index (χ3n) is 18.5. The van der Waals surface area contributed by atoms with E-state index in [1.165, 1.54) is 18.1 Å². The average molecular weight is 1020 g/mol. The zero-order valence-electron chi connectivity index (χ0n) is 41.3. The van der Waals surface area contributed by atoms with Gasteiger partial charge in [0.1, 0.15) is 91.6 Å². The summed E-state index contributed by atoms with van der Waals surface area (Å²) in [6.07, 6.45) is -17.2. The van der Waals surface area contributed by atoms with Crippen LogP contribution in [0.2, 0.25) is 0 Å². The van der Waals surface area contributed by atoms with Crippen LogP contribution in [0.4, 0.5) is 0 Å². The van der Waals surface area contributed by atoms with Crippen LogP contribution in [0.3, 0.4) is 0 Å². The molecule has 0 spiro atoms. The van der Waals surface area contributed by atoms with E-state index < -0.39 is 143 Å². The summed E-state index contributed by atoms with van der Waals surface area (Å²) < 4.78 is 54.5. The Morgan fingerprint density at radius 2 is 1.27 bits per heavy atom. The molecule has 12 N–H and O–H groups in total. The Hall–Kier alpha value is -1.52. The van der Waals surface area contributed by atoms with E-state index in [-0.39, 0.29) is 29.5 Å². The van der Waals surface area contributed by atoms with E-state index in [0.717, 1.165) is 50.7 Å². The summed E-state index contributed by atoms with van der Waals surface area (Å²) in [7, 11) is 0. The van der Waals surface area contributed by atoms with Gasteiger partial charge in [0.05, 0.1) is 44.4 Å². The van der Waals surface area contributed by atoms with Gasteiger partial charge in [0, 0.05) is 12.3 Å². The van der Waals surface area contributed by atoms with E-state index in [1.54, 1.807) is 0 Å². The van der Waals surface area contributed by atoms with Crippen molar-refractivity contribution in [2.45, 2.75) is 221 Å². The molecule has 7 fully saturated rings. The predicted octanol–water partition coefficient (Wildman–Crippen LogP) is -1.42. The molecule has 0 aromatic rings. The summed E-state index contributed by atoms with van der Waals surface area (Å²) in [6.45, 7) is 9.05. The number of allylic oxidation sites excluding steroid dienone is 2. The molecule has 406 valence electrons. The molecule has 9 aliphatic rings. The van der Waals surface area contributed by atoms with Gasteiger partial charge in [-0.25, -0.2) is 0 Å². The Bertz CT molecular complexity index is 1890. The SMILES string of the molecule is CC1=C(CCC(C)COC2OC(CO)C(O)C(O)C2O)OC2CC3C4CC=C5CC(OC6OC(CO)C(OC7OC(CO)C(O)C7O)C(O)C6OC6OC(C)C(O)C(O)C6O)CCC5(C)C4CCC3(C)C12. The maximum atomic E-state index is 12.0. The molecule has 28 unspecified atom stereocenters. The second-order valence-electron chi connectivity index (χ2n) is 22.8. The number of fused-ring (bicyclic) bond motifs is 7. The lowest BCUT2D eigenvalue weighted by molar-refractivity contribution is -0.380. The Kier molecular flexibility index (Phi) is 16.4. The van der Waals surface area contributed by atoms with Crippen LogP contribution in [0, 0.1) is 40.4 Å². The quantitative estimate of drug-likeness (QED) is 0.0838. The van der Waals surface area contributed by atoms with Crippen LogP contribution in [0.15, 0.2) is 23.0 Å². The van der Waals surface area contributed by atoms with Crippen LogP contribution in [-0.4, -0.2) is 217 Å². The van der Waals surface area contributed by atoms with Gasteiger partial charge in [-0.2, -0.15) is 0 Å². The van der Waals surface area contributed by atoms with Crippen LogP contribution in [0.5, 0.6) is 0 Å². The molecule has 0 radical (unpaired) electrons. The maximum absolute atomic E-state index is 12.0. The summed E-state index contributed by atoms with van der Waals surface area (Å²) in [5, 5.41) is 125. The van der Waals surface area contributed by atoms with E-state index in [1.807, 2.05) is 6.92 Å². The van der Waals surface area contributed by atoms with Gasteiger partial charge in [0.2, 0.25) is 0 Å². The van der Waals surface area contributed by atoms with Gasteiger partial charge in [-0.3, -0.25) is 0 Å². The Balaban J connectivity index is 0.846. The van der Waals surface area contributed by atoms with Crippen LogP contribution >= 0.6 is 0 Å². The molecule has 21 nitrogen and oxygen atoms in total. The molecule has 9 rings (SSSR count).